The predicted molar refractivity (Wildman–Crippen MR) is 31.7 cm³/mol. The van der Waals surface area contributed by atoms with Gasteiger partial charge in [0, 0.05) is 0 Å². The summed E-state index contributed by atoms with van der Waals surface area (Å²) < 4.78 is 13.5. The Morgan fingerprint density at radius 1 is 1.25 bits per heavy atom. The molecule has 3 N–H and O–H groups in total. The van der Waals surface area contributed by atoms with Gasteiger partial charge in [0.15, 0.2) is 0 Å². The third kappa shape index (κ3) is 240. The fourth-order valence-electron chi connectivity index (χ4n) is 0. The molecule has 0 aliphatic heterocycles. The van der Waals surface area contributed by atoms with Crippen LogP contribution >= 0.6 is 7.82 Å². The summed E-state index contributed by atoms with van der Waals surface area (Å²) in [5, 5.41) is 0. The number of rotatable bonds is 0. The summed E-state index contributed by atoms with van der Waals surface area (Å²) in [6.45, 7) is 0. The molecule has 0 aliphatic rings. The van der Waals surface area contributed by atoms with E-state index in [1.54, 1.807) is 0 Å². The van der Waals surface area contributed by atoms with E-state index in [0.29, 0.717) is 0 Å². The molecule has 2 radical (unpaired) electrons. The predicted octanol–water partition coefficient (Wildman–Crippen LogP) is -0.142. The van der Waals surface area contributed by atoms with E-state index in [-0.39, 0.29) is 24.2 Å². The molecule has 8 heavy (non-hydrogen) atoms. The molecule has 0 unspecified atom stereocenters. The van der Waals surface area contributed by atoms with E-state index < -0.39 is 7.82 Å². The van der Waals surface area contributed by atoms with Gasteiger partial charge < -0.3 is 14.7 Å². The SMILES string of the molecule is O=P(O)(O)O.[CH3][Pb][CH3]. The zero-order chi connectivity index (χ0) is 7.21. The summed E-state index contributed by atoms with van der Waals surface area (Å²) >= 11 is 0.0833. The van der Waals surface area contributed by atoms with Gasteiger partial charge in [-0.2, -0.15) is 0 Å². The van der Waals surface area contributed by atoms with Gasteiger partial charge >= 0.3 is 41.0 Å². The van der Waals surface area contributed by atoms with Crippen LogP contribution in [-0.4, -0.2) is 38.9 Å². The first kappa shape index (κ1) is 11.8. The Morgan fingerprint density at radius 2 is 1.25 bits per heavy atom. The Balaban J connectivity index is 0. The van der Waals surface area contributed by atoms with E-state index in [0.717, 1.165) is 0 Å². The molecule has 0 heterocycles. The average molecular weight is 335 g/mol. The quantitative estimate of drug-likeness (QED) is 0.425. The molecule has 0 saturated carbocycles. The summed E-state index contributed by atoms with van der Waals surface area (Å²) in [5.74, 6) is 0. The Bertz CT molecular complexity index is 69.8. The maximum atomic E-state index is 8.88. The molecule has 0 fully saturated rings. The Kier molecular flexibility index (Phi) is 9.07. The molecule has 0 aromatic carbocycles. The van der Waals surface area contributed by atoms with Crippen LogP contribution in [0.3, 0.4) is 0 Å². The molecule has 0 aromatic heterocycles. The van der Waals surface area contributed by atoms with Crippen LogP contribution in [0.25, 0.3) is 0 Å². The molecule has 6 heteroatoms. The Labute approximate surface area is 60.4 Å². The van der Waals surface area contributed by atoms with E-state index in [2.05, 4.69) is 8.97 Å². The van der Waals surface area contributed by atoms with Gasteiger partial charge in [0.1, 0.15) is 0 Å². The third-order valence-corrected chi connectivity index (χ3v) is 0. The topological polar surface area (TPSA) is 77.8 Å². The van der Waals surface area contributed by atoms with Gasteiger partial charge in [0.05, 0.1) is 0 Å². The van der Waals surface area contributed by atoms with Gasteiger partial charge in [-0.05, 0) is 0 Å². The second-order valence-corrected chi connectivity index (χ2v) is 5.93. The molecule has 0 atom stereocenters. The molecular formula is C2H9O4PPb. The maximum absolute atomic E-state index is 8.88. The van der Waals surface area contributed by atoms with Crippen LogP contribution in [0.1, 0.15) is 0 Å². The minimum absolute atomic E-state index is 0.0833. The van der Waals surface area contributed by atoms with Crippen molar-refractivity contribution < 1.29 is 19.2 Å². The molecule has 0 amide bonds. The monoisotopic (exact) mass is 336 g/mol. The van der Waals surface area contributed by atoms with Crippen molar-refractivity contribution in [3.8, 4) is 0 Å². The van der Waals surface area contributed by atoms with Gasteiger partial charge in [-0.3, -0.25) is 0 Å². The van der Waals surface area contributed by atoms with Crippen molar-refractivity contribution in [2.45, 2.75) is 8.97 Å². The van der Waals surface area contributed by atoms with E-state index in [1.807, 2.05) is 0 Å². The zero-order valence-electron chi connectivity index (χ0n) is 4.70. The molecule has 0 aliphatic carbocycles. The summed E-state index contributed by atoms with van der Waals surface area (Å²) in [6.07, 6.45) is 0. The Morgan fingerprint density at radius 3 is 1.25 bits per heavy atom. The van der Waals surface area contributed by atoms with Crippen LogP contribution in [0.15, 0.2) is 0 Å². The number of phosphoric acid groups is 1. The van der Waals surface area contributed by atoms with Crippen molar-refractivity contribution >= 4 is 32.1 Å². The summed E-state index contributed by atoms with van der Waals surface area (Å²) in [6, 6.07) is 0. The molecule has 0 aromatic rings. The normalized spacial score (nSPS) is 9.62. The van der Waals surface area contributed by atoms with Crippen molar-refractivity contribution in [2.24, 2.45) is 0 Å². The summed E-state index contributed by atoms with van der Waals surface area (Å²) in [5.41, 5.74) is 0. The van der Waals surface area contributed by atoms with Crippen molar-refractivity contribution in [3.63, 3.8) is 0 Å². The van der Waals surface area contributed by atoms with E-state index in [9.17, 15) is 0 Å². The molecule has 0 spiro atoms. The van der Waals surface area contributed by atoms with Gasteiger partial charge in [-0.1, -0.05) is 0 Å². The van der Waals surface area contributed by atoms with E-state index in [1.165, 1.54) is 0 Å². The number of hydrogen-bond donors (Lipinski definition) is 3. The second-order valence-electron chi connectivity index (χ2n) is 1.01. The zero-order valence-corrected chi connectivity index (χ0v) is 9.48. The Hall–Kier alpha value is 1.03. The number of hydrogen-bond acceptors (Lipinski definition) is 1. The van der Waals surface area contributed by atoms with Crippen LogP contribution in [-0.2, 0) is 4.57 Å². The first-order chi connectivity index (χ1) is 3.41. The van der Waals surface area contributed by atoms with Crippen LogP contribution < -0.4 is 0 Å². The van der Waals surface area contributed by atoms with Gasteiger partial charge in [-0.15, -0.1) is 0 Å². The average Bonchev–Trinajstić information content (AvgIpc) is 1.27. The van der Waals surface area contributed by atoms with Gasteiger partial charge in [-0.25, -0.2) is 4.57 Å². The summed E-state index contributed by atoms with van der Waals surface area (Å²) in [4.78, 5) is 21.6. The summed E-state index contributed by atoms with van der Waals surface area (Å²) in [7, 11) is -4.64. The van der Waals surface area contributed by atoms with Crippen LogP contribution in [0.2, 0.25) is 8.97 Å². The van der Waals surface area contributed by atoms with Crippen molar-refractivity contribution in [3.05, 3.63) is 0 Å². The second kappa shape index (κ2) is 6.16. The van der Waals surface area contributed by atoms with Crippen molar-refractivity contribution in [1.82, 2.24) is 0 Å². The standard InChI is InChI=1S/2CH3.H3O4P.Pb/c;;1-5(2,3)4;/h2*1H3;(H3,1,2,3,4);. The minimum atomic E-state index is -4.64. The van der Waals surface area contributed by atoms with Crippen molar-refractivity contribution in [1.29, 1.82) is 0 Å². The van der Waals surface area contributed by atoms with E-state index in [4.69, 9.17) is 19.2 Å². The molecule has 50 valence electrons. The third-order valence-electron chi connectivity index (χ3n) is 0. The molecule has 0 saturated heterocycles. The molecule has 0 rings (SSSR count). The molecular weight excluding hydrogens is 326 g/mol. The van der Waals surface area contributed by atoms with Crippen LogP contribution in [0.5, 0.6) is 0 Å². The van der Waals surface area contributed by atoms with E-state index >= 15 is 0 Å². The first-order valence-corrected chi connectivity index (χ1v) is 11.1. The van der Waals surface area contributed by atoms with Crippen LogP contribution in [0.4, 0.5) is 0 Å². The first-order valence-electron chi connectivity index (χ1n) is 1.78. The molecule has 0 bridgehead atoms. The van der Waals surface area contributed by atoms with Crippen molar-refractivity contribution in [2.75, 3.05) is 0 Å². The van der Waals surface area contributed by atoms with Gasteiger partial charge in [0.25, 0.3) is 0 Å². The van der Waals surface area contributed by atoms with Crippen LogP contribution in [0, 0.1) is 0 Å². The molecule has 4 nitrogen and oxygen atoms in total. The van der Waals surface area contributed by atoms with Gasteiger partial charge in [0.2, 0.25) is 0 Å². The fourth-order valence-corrected chi connectivity index (χ4v) is 0. The fraction of sp³-hybridized carbons (Fsp3) is 1.00.